The molecule has 1 heterocycles. The Labute approximate surface area is 129 Å². The average Bonchev–Trinajstić information content (AvgIpc) is 2.43. The van der Waals surface area contributed by atoms with Crippen LogP contribution in [0.25, 0.3) is 0 Å². The Morgan fingerprint density at radius 3 is 2.67 bits per heavy atom. The van der Waals surface area contributed by atoms with Crippen LogP contribution in [-0.2, 0) is 0 Å². The maximum atomic E-state index is 13.5. The second kappa shape index (κ2) is 6.76. The highest BCUT2D eigenvalue weighted by atomic mass is 35.5. The van der Waals surface area contributed by atoms with Crippen LogP contribution in [0.1, 0.15) is 32.4 Å². The van der Waals surface area contributed by atoms with Crippen LogP contribution in [-0.4, -0.2) is 11.1 Å². The number of benzene rings is 1. The number of nitrogens with zero attached hydrogens (tertiary/aromatic N) is 1. The number of ether oxygens (including phenoxy) is 1. The molecule has 0 amide bonds. The molecule has 0 fully saturated rings. The number of pyridine rings is 1. The van der Waals surface area contributed by atoms with E-state index in [2.05, 4.69) is 10.3 Å². The summed E-state index contributed by atoms with van der Waals surface area (Å²) in [5.41, 5.74) is 1.57. The minimum atomic E-state index is -0.423. The molecule has 112 valence electrons. The van der Waals surface area contributed by atoms with Crippen molar-refractivity contribution in [3.05, 3.63) is 52.9 Å². The fourth-order valence-electron chi connectivity index (χ4n) is 1.92. The lowest BCUT2D eigenvalue weighted by Gasteiger charge is -2.19. The van der Waals surface area contributed by atoms with Gasteiger partial charge < -0.3 is 10.1 Å². The summed E-state index contributed by atoms with van der Waals surface area (Å²) in [5.74, 6) is 0.112. The third-order valence-electron chi connectivity index (χ3n) is 2.93. The van der Waals surface area contributed by atoms with E-state index in [1.165, 1.54) is 6.07 Å². The SMILES string of the molecule is CC(C)Oc1ncccc1NC(C)c1ccc(Cl)c(F)c1. The molecule has 21 heavy (non-hydrogen) atoms. The zero-order valence-corrected chi connectivity index (χ0v) is 13.0. The zero-order chi connectivity index (χ0) is 15.4. The second-order valence-electron chi connectivity index (χ2n) is 5.06. The maximum absolute atomic E-state index is 13.5. The van der Waals surface area contributed by atoms with Crippen molar-refractivity contribution in [2.24, 2.45) is 0 Å². The van der Waals surface area contributed by atoms with Gasteiger partial charge in [-0.05, 0) is 50.6 Å². The van der Waals surface area contributed by atoms with Crippen LogP contribution in [0.2, 0.25) is 5.02 Å². The van der Waals surface area contributed by atoms with Crippen LogP contribution in [0.4, 0.5) is 10.1 Å². The van der Waals surface area contributed by atoms with Crippen molar-refractivity contribution in [2.45, 2.75) is 32.9 Å². The van der Waals surface area contributed by atoms with E-state index in [9.17, 15) is 4.39 Å². The molecule has 0 aliphatic rings. The summed E-state index contributed by atoms with van der Waals surface area (Å²) in [7, 11) is 0. The van der Waals surface area contributed by atoms with E-state index in [1.54, 1.807) is 18.3 Å². The van der Waals surface area contributed by atoms with Crippen molar-refractivity contribution in [1.82, 2.24) is 4.98 Å². The molecule has 0 saturated carbocycles. The summed E-state index contributed by atoms with van der Waals surface area (Å²) in [6.45, 7) is 5.82. The lowest BCUT2D eigenvalue weighted by molar-refractivity contribution is 0.234. The molecule has 1 aromatic heterocycles. The second-order valence-corrected chi connectivity index (χ2v) is 5.47. The first-order valence-corrected chi connectivity index (χ1v) is 7.18. The molecule has 0 aliphatic carbocycles. The highest BCUT2D eigenvalue weighted by Crippen LogP contribution is 2.28. The number of aromatic nitrogens is 1. The van der Waals surface area contributed by atoms with Crippen molar-refractivity contribution in [3.63, 3.8) is 0 Å². The first kappa shape index (κ1) is 15.6. The minimum absolute atomic E-state index is 0.0312. The van der Waals surface area contributed by atoms with Crippen LogP contribution in [0, 0.1) is 5.82 Å². The lowest BCUT2D eigenvalue weighted by atomic mass is 10.1. The van der Waals surface area contributed by atoms with Crippen molar-refractivity contribution in [3.8, 4) is 5.88 Å². The van der Waals surface area contributed by atoms with Crippen LogP contribution >= 0.6 is 11.6 Å². The summed E-state index contributed by atoms with van der Waals surface area (Å²) in [6, 6.07) is 8.38. The van der Waals surface area contributed by atoms with Crippen molar-refractivity contribution >= 4 is 17.3 Å². The third-order valence-corrected chi connectivity index (χ3v) is 3.24. The van der Waals surface area contributed by atoms with E-state index >= 15 is 0 Å². The first-order chi connectivity index (χ1) is 9.97. The van der Waals surface area contributed by atoms with Crippen LogP contribution in [0.15, 0.2) is 36.5 Å². The highest BCUT2D eigenvalue weighted by Gasteiger charge is 2.12. The predicted molar refractivity (Wildman–Crippen MR) is 83.4 cm³/mol. The summed E-state index contributed by atoms with van der Waals surface area (Å²) in [4.78, 5) is 4.22. The number of hydrogen-bond donors (Lipinski definition) is 1. The molecule has 2 rings (SSSR count). The number of rotatable bonds is 5. The molecular formula is C16H18ClFN2O. The lowest BCUT2D eigenvalue weighted by Crippen LogP contribution is -2.12. The van der Waals surface area contributed by atoms with Gasteiger partial charge in [0, 0.05) is 12.2 Å². The fraction of sp³-hybridized carbons (Fsp3) is 0.312. The highest BCUT2D eigenvalue weighted by molar-refractivity contribution is 6.30. The monoisotopic (exact) mass is 308 g/mol. The number of nitrogens with one attached hydrogen (secondary N) is 1. The summed E-state index contributed by atoms with van der Waals surface area (Å²) in [6.07, 6.45) is 1.71. The normalized spacial score (nSPS) is 12.3. The smallest absolute Gasteiger partial charge is 0.237 e. The van der Waals surface area contributed by atoms with Crippen molar-refractivity contribution in [2.75, 3.05) is 5.32 Å². The first-order valence-electron chi connectivity index (χ1n) is 6.80. The van der Waals surface area contributed by atoms with Crippen LogP contribution in [0.5, 0.6) is 5.88 Å². The van der Waals surface area contributed by atoms with Gasteiger partial charge in [-0.25, -0.2) is 9.37 Å². The minimum Gasteiger partial charge on any atom is -0.473 e. The fourth-order valence-corrected chi connectivity index (χ4v) is 2.03. The molecule has 2 aromatic rings. The standard InChI is InChI=1S/C16H18ClFN2O/c1-10(2)21-16-15(5-4-8-19-16)20-11(3)12-6-7-13(17)14(18)9-12/h4-11,20H,1-3H3. The molecule has 0 aliphatic heterocycles. The zero-order valence-electron chi connectivity index (χ0n) is 12.2. The molecule has 0 saturated heterocycles. The van der Waals surface area contributed by atoms with Gasteiger partial charge in [0.15, 0.2) is 0 Å². The van der Waals surface area contributed by atoms with Gasteiger partial charge in [0.2, 0.25) is 5.88 Å². The number of anilines is 1. The molecular weight excluding hydrogens is 291 g/mol. The molecule has 3 nitrogen and oxygen atoms in total. The van der Waals surface area contributed by atoms with Gasteiger partial charge in [0.05, 0.1) is 16.8 Å². The van der Waals surface area contributed by atoms with Gasteiger partial charge in [-0.2, -0.15) is 0 Å². The third kappa shape index (κ3) is 4.08. The Balaban J connectivity index is 2.19. The summed E-state index contributed by atoms with van der Waals surface area (Å²) < 4.78 is 19.2. The van der Waals surface area contributed by atoms with Crippen LogP contribution < -0.4 is 10.1 Å². The summed E-state index contributed by atoms with van der Waals surface area (Å²) >= 11 is 5.70. The number of hydrogen-bond acceptors (Lipinski definition) is 3. The van der Waals surface area contributed by atoms with Gasteiger partial charge in [0.25, 0.3) is 0 Å². The molecule has 0 radical (unpaired) electrons. The van der Waals surface area contributed by atoms with E-state index in [0.29, 0.717) is 5.88 Å². The van der Waals surface area contributed by atoms with Gasteiger partial charge >= 0.3 is 0 Å². The molecule has 1 atom stereocenters. The van der Waals surface area contributed by atoms with E-state index in [0.717, 1.165) is 11.3 Å². The maximum Gasteiger partial charge on any atom is 0.237 e. The van der Waals surface area contributed by atoms with E-state index in [4.69, 9.17) is 16.3 Å². The molecule has 1 N–H and O–H groups in total. The average molecular weight is 309 g/mol. The van der Waals surface area contributed by atoms with Gasteiger partial charge in [0.1, 0.15) is 5.82 Å². The molecule has 1 aromatic carbocycles. The summed E-state index contributed by atoms with van der Waals surface area (Å²) in [5, 5.41) is 3.40. The molecule has 0 bridgehead atoms. The van der Waals surface area contributed by atoms with Crippen molar-refractivity contribution < 1.29 is 9.13 Å². The van der Waals surface area contributed by atoms with Crippen LogP contribution in [0.3, 0.4) is 0 Å². The van der Waals surface area contributed by atoms with Crippen molar-refractivity contribution in [1.29, 1.82) is 0 Å². The Kier molecular flexibility index (Phi) is 5.02. The van der Waals surface area contributed by atoms with Gasteiger partial charge in [-0.15, -0.1) is 0 Å². The van der Waals surface area contributed by atoms with E-state index in [-0.39, 0.29) is 17.2 Å². The van der Waals surface area contributed by atoms with Gasteiger partial charge in [-0.1, -0.05) is 17.7 Å². The topological polar surface area (TPSA) is 34.1 Å². The Bertz CT molecular complexity index is 619. The molecule has 1 unspecified atom stereocenters. The van der Waals surface area contributed by atoms with E-state index < -0.39 is 5.82 Å². The van der Waals surface area contributed by atoms with E-state index in [1.807, 2.05) is 32.9 Å². The Morgan fingerprint density at radius 1 is 1.24 bits per heavy atom. The predicted octanol–water partition coefficient (Wildman–Crippen LogP) is 4.83. The Hall–Kier alpha value is -1.81. The quantitative estimate of drug-likeness (QED) is 0.858. The molecule has 0 spiro atoms. The van der Waals surface area contributed by atoms with Gasteiger partial charge in [-0.3, -0.25) is 0 Å². The Morgan fingerprint density at radius 2 is 2.00 bits per heavy atom. The number of halogens is 2. The largest absolute Gasteiger partial charge is 0.473 e. The molecule has 5 heteroatoms.